The molecule has 0 saturated carbocycles. The second kappa shape index (κ2) is 11.2. The summed E-state index contributed by atoms with van der Waals surface area (Å²) in [6.07, 6.45) is -7.58. The van der Waals surface area contributed by atoms with E-state index in [1.807, 2.05) is 0 Å². The average Bonchev–Trinajstić information content (AvgIpc) is 2.91. The molecule has 1 aliphatic carbocycles. The van der Waals surface area contributed by atoms with Gasteiger partial charge in [-0.2, -0.15) is 0 Å². The third-order valence-corrected chi connectivity index (χ3v) is 7.49. The van der Waals surface area contributed by atoms with E-state index in [0.29, 0.717) is 16.7 Å². The third kappa shape index (κ3) is 5.01. The van der Waals surface area contributed by atoms with Crippen LogP contribution in [0.5, 0.6) is 23.0 Å². The summed E-state index contributed by atoms with van der Waals surface area (Å²) in [7, 11) is 2.77. The van der Waals surface area contributed by atoms with Gasteiger partial charge >= 0.3 is 0 Å². The molecule has 12 nitrogen and oxygen atoms in total. The Morgan fingerprint density at radius 1 is 0.921 bits per heavy atom. The number of ether oxygens (including phenoxy) is 4. The van der Waals surface area contributed by atoms with Crippen molar-refractivity contribution in [2.45, 2.75) is 48.6 Å². The molecule has 8 atom stereocenters. The van der Waals surface area contributed by atoms with Crippen molar-refractivity contribution in [3.63, 3.8) is 0 Å². The minimum Gasteiger partial charge on any atom is -0.504 e. The van der Waals surface area contributed by atoms with E-state index in [-0.39, 0.29) is 36.0 Å². The number of hydrogen-bond acceptors (Lipinski definition) is 12. The first-order valence-corrected chi connectivity index (χ1v) is 12.1. The van der Waals surface area contributed by atoms with Crippen molar-refractivity contribution in [3.8, 4) is 23.0 Å². The van der Waals surface area contributed by atoms with Crippen LogP contribution in [-0.4, -0.2) is 111 Å². The zero-order chi connectivity index (χ0) is 27.8. The van der Waals surface area contributed by atoms with E-state index >= 15 is 0 Å². The second-order valence-electron chi connectivity index (χ2n) is 9.71. The SMILES string of the molecule is COc1cc([C@H]2c3cc(O)c(OC)cc3C[C@](O)(CO)[C@@H]2CO[C@@H]2O[C@H](CO)[C@@H](O)[C@H](O)[C@H]2O)ccc1O. The molecular formula is C26H34O12. The second-order valence-corrected chi connectivity index (χ2v) is 9.71. The van der Waals surface area contributed by atoms with Gasteiger partial charge < -0.3 is 59.8 Å². The highest BCUT2D eigenvalue weighted by Crippen LogP contribution is 2.49. The van der Waals surface area contributed by atoms with Crippen LogP contribution in [0.3, 0.4) is 0 Å². The Morgan fingerprint density at radius 2 is 1.61 bits per heavy atom. The topological polar surface area (TPSA) is 199 Å². The number of phenols is 2. The molecule has 12 heteroatoms. The molecular weight excluding hydrogens is 504 g/mol. The molecule has 2 aromatic rings. The molecule has 210 valence electrons. The molecule has 1 aliphatic heterocycles. The van der Waals surface area contributed by atoms with Crippen molar-refractivity contribution >= 4 is 0 Å². The smallest absolute Gasteiger partial charge is 0.186 e. The molecule has 8 N–H and O–H groups in total. The first kappa shape index (κ1) is 28.3. The Morgan fingerprint density at radius 3 is 2.24 bits per heavy atom. The molecule has 0 bridgehead atoms. The monoisotopic (exact) mass is 538 g/mol. The fraction of sp³-hybridized carbons (Fsp3) is 0.538. The Hall–Kier alpha value is -2.68. The van der Waals surface area contributed by atoms with Gasteiger partial charge in [0.2, 0.25) is 0 Å². The number of aliphatic hydroxyl groups excluding tert-OH is 5. The van der Waals surface area contributed by atoms with E-state index in [4.69, 9.17) is 18.9 Å². The number of benzene rings is 2. The highest BCUT2D eigenvalue weighted by atomic mass is 16.7. The maximum atomic E-state index is 11.7. The summed E-state index contributed by atoms with van der Waals surface area (Å²) in [5.41, 5.74) is -0.0211. The zero-order valence-corrected chi connectivity index (χ0v) is 21.0. The molecule has 0 amide bonds. The van der Waals surface area contributed by atoms with Gasteiger partial charge in [-0.15, -0.1) is 0 Å². The standard InChI is InChI=1S/C26H34O12/c1-35-18-5-12(3-4-16(18)29)21-14-7-17(30)19(36-2)6-13(14)8-26(34,11-28)15(21)10-37-25-24(33)23(32)22(31)20(9-27)38-25/h3-7,15,20-25,27-34H,8-11H2,1-2H3/t15-,20-,21+,22-,23+,24-,25-,26+/m1/s1. The maximum absolute atomic E-state index is 11.7. The Kier molecular flexibility index (Phi) is 8.35. The van der Waals surface area contributed by atoms with Crippen LogP contribution < -0.4 is 9.47 Å². The summed E-state index contributed by atoms with van der Waals surface area (Å²) < 4.78 is 21.8. The number of hydrogen-bond donors (Lipinski definition) is 8. The zero-order valence-electron chi connectivity index (χ0n) is 21.0. The van der Waals surface area contributed by atoms with Gasteiger partial charge in [0.15, 0.2) is 29.3 Å². The van der Waals surface area contributed by atoms with Gasteiger partial charge in [0, 0.05) is 18.3 Å². The molecule has 1 saturated heterocycles. The number of fused-ring (bicyclic) bond motifs is 1. The van der Waals surface area contributed by atoms with Crippen molar-refractivity contribution in [3.05, 3.63) is 47.0 Å². The van der Waals surface area contributed by atoms with Gasteiger partial charge in [-0.25, -0.2) is 0 Å². The predicted molar refractivity (Wildman–Crippen MR) is 130 cm³/mol. The lowest BCUT2D eigenvalue weighted by Gasteiger charge is -2.46. The van der Waals surface area contributed by atoms with Crippen LogP contribution in [0, 0.1) is 5.92 Å². The van der Waals surface area contributed by atoms with Gasteiger partial charge in [0.1, 0.15) is 24.4 Å². The van der Waals surface area contributed by atoms with E-state index in [0.717, 1.165) is 0 Å². The van der Waals surface area contributed by atoms with Crippen LogP contribution in [0.15, 0.2) is 30.3 Å². The first-order valence-electron chi connectivity index (χ1n) is 12.1. The van der Waals surface area contributed by atoms with Gasteiger partial charge in [0.05, 0.1) is 39.6 Å². The minimum atomic E-state index is -1.76. The lowest BCUT2D eigenvalue weighted by molar-refractivity contribution is -0.306. The fourth-order valence-corrected chi connectivity index (χ4v) is 5.35. The Balaban J connectivity index is 1.77. The number of methoxy groups -OCH3 is 2. The van der Waals surface area contributed by atoms with Crippen molar-refractivity contribution in [1.29, 1.82) is 0 Å². The van der Waals surface area contributed by atoms with Crippen molar-refractivity contribution < 1.29 is 59.8 Å². The minimum absolute atomic E-state index is 0.0378. The van der Waals surface area contributed by atoms with E-state index in [1.54, 1.807) is 18.2 Å². The fourth-order valence-electron chi connectivity index (χ4n) is 5.35. The lowest BCUT2D eigenvalue weighted by atomic mass is 9.64. The molecule has 0 aromatic heterocycles. The lowest BCUT2D eigenvalue weighted by Crippen LogP contribution is -2.60. The summed E-state index contributed by atoms with van der Waals surface area (Å²) in [4.78, 5) is 0. The van der Waals surface area contributed by atoms with Crippen LogP contribution >= 0.6 is 0 Å². The Bertz CT molecular complexity index is 1120. The highest BCUT2D eigenvalue weighted by molar-refractivity contribution is 5.54. The first-order chi connectivity index (χ1) is 18.1. The number of aliphatic hydroxyl groups is 6. The molecule has 2 aliphatic rings. The molecule has 0 radical (unpaired) electrons. The van der Waals surface area contributed by atoms with Crippen LogP contribution in [0.1, 0.15) is 22.6 Å². The van der Waals surface area contributed by atoms with Crippen LogP contribution in [-0.2, 0) is 15.9 Å². The third-order valence-electron chi connectivity index (χ3n) is 7.49. The van der Waals surface area contributed by atoms with Gasteiger partial charge in [0.25, 0.3) is 0 Å². The Labute approximate surface area is 218 Å². The van der Waals surface area contributed by atoms with Crippen molar-refractivity contribution in [2.75, 3.05) is 34.0 Å². The molecule has 2 aromatic carbocycles. The highest BCUT2D eigenvalue weighted by Gasteiger charge is 2.50. The van der Waals surface area contributed by atoms with E-state index in [9.17, 15) is 40.9 Å². The van der Waals surface area contributed by atoms with Gasteiger partial charge in [-0.3, -0.25) is 0 Å². The summed E-state index contributed by atoms with van der Waals surface area (Å²) in [5.74, 6) is -1.56. The summed E-state index contributed by atoms with van der Waals surface area (Å²) in [6.45, 7) is -1.64. The molecule has 4 rings (SSSR count). The molecule has 38 heavy (non-hydrogen) atoms. The normalized spacial score (nSPS) is 33.0. The van der Waals surface area contributed by atoms with Crippen LogP contribution in [0.25, 0.3) is 0 Å². The van der Waals surface area contributed by atoms with Gasteiger partial charge in [-0.05, 0) is 41.0 Å². The van der Waals surface area contributed by atoms with E-state index < -0.39 is 61.4 Å². The summed E-state index contributed by atoms with van der Waals surface area (Å²) in [6, 6.07) is 7.66. The molecule has 1 fully saturated rings. The quantitative estimate of drug-likeness (QED) is 0.203. The number of rotatable bonds is 8. The summed E-state index contributed by atoms with van der Waals surface area (Å²) >= 11 is 0. The maximum Gasteiger partial charge on any atom is 0.186 e. The predicted octanol–water partition coefficient (Wildman–Crippen LogP) is -1.04. The number of phenolic OH excluding ortho intramolecular Hbond substituents is 2. The largest absolute Gasteiger partial charge is 0.504 e. The van der Waals surface area contributed by atoms with E-state index in [2.05, 4.69) is 0 Å². The average molecular weight is 539 g/mol. The molecule has 0 spiro atoms. The molecule has 1 heterocycles. The number of aromatic hydroxyl groups is 2. The van der Waals surface area contributed by atoms with Crippen LogP contribution in [0.2, 0.25) is 0 Å². The molecule has 0 unspecified atom stereocenters. The van der Waals surface area contributed by atoms with Gasteiger partial charge in [-0.1, -0.05) is 6.07 Å². The van der Waals surface area contributed by atoms with Crippen molar-refractivity contribution in [2.24, 2.45) is 5.92 Å². The summed E-state index contributed by atoms with van der Waals surface area (Å²) in [5, 5.41) is 82.9. The van der Waals surface area contributed by atoms with Crippen LogP contribution in [0.4, 0.5) is 0 Å². The van der Waals surface area contributed by atoms with E-state index in [1.165, 1.54) is 26.4 Å². The van der Waals surface area contributed by atoms with Crippen molar-refractivity contribution in [1.82, 2.24) is 0 Å².